The van der Waals surface area contributed by atoms with Crippen LogP contribution in [0.3, 0.4) is 0 Å². The molecule has 0 radical (unpaired) electrons. The highest BCUT2D eigenvalue weighted by Gasteiger charge is 2.21. The summed E-state index contributed by atoms with van der Waals surface area (Å²) in [4.78, 5) is -0.0112. The smallest absolute Gasteiger partial charge is 0.123 e. The highest BCUT2D eigenvalue weighted by molar-refractivity contribution is 8.00. The minimum absolute atomic E-state index is 0.0112. The first kappa shape index (κ1) is 22.9. The van der Waals surface area contributed by atoms with Gasteiger partial charge in [-0.3, -0.25) is 0 Å². The number of azo groups is 1. The van der Waals surface area contributed by atoms with Gasteiger partial charge in [-0.15, -0.1) is 11.8 Å². The van der Waals surface area contributed by atoms with Crippen molar-refractivity contribution in [1.82, 2.24) is 0 Å². The average Bonchev–Trinajstić information content (AvgIpc) is 2.57. The van der Waals surface area contributed by atoms with E-state index in [0.29, 0.717) is 6.04 Å². The molecule has 0 aliphatic heterocycles. The molecule has 2 nitrogen and oxygen atoms in total. The van der Waals surface area contributed by atoms with E-state index in [1.165, 1.54) is 70.0 Å². The normalized spacial score (nSPS) is 15.9. The van der Waals surface area contributed by atoms with Crippen LogP contribution in [0.2, 0.25) is 0 Å². The minimum atomic E-state index is -0.0112. The minimum Gasteiger partial charge on any atom is -0.190 e. The summed E-state index contributed by atoms with van der Waals surface area (Å²) in [5.74, 6) is 1.22. The maximum Gasteiger partial charge on any atom is 0.123 e. The van der Waals surface area contributed by atoms with Crippen LogP contribution >= 0.6 is 11.8 Å². The van der Waals surface area contributed by atoms with Gasteiger partial charge in [0.25, 0.3) is 0 Å². The molecule has 0 amide bonds. The molecule has 0 fully saturated rings. The second-order valence-corrected chi connectivity index (χ2v) is 8.61. The molecule has 0 rings (SSSR count). The molecule has 0 saturated carbocycles. The zero-order valence-electron chi connectivity index (χ0n) is 16.6. The van der Waals surface area contributed by atoms with Gasteiger partial charge in [0.15, 0.2) is 0 Å². The maximum absolute atomic E-state index is 4.62. The van der Waals surface area contributed by atoms with Crippen LogP contribution in [-0.2, 0) is 0 Å². The third-order valence-corrected chi connectivity index (χ3v) is 6.11. The molecule has 0 N–H and O–H groups in total. The van der Waals surface area contributed by atoms with Gasteiger partial charge in [-0.05, 0) is 38.9 Å². The first-order valence-corrected chi connectivity index (χ1v) is 11.1. The predicted molar refractivity (Wildman–Crippen MR) is 108 cm³/mol. The zero-order valence-corrected chi connectivity index (χ0v) is 17.4. The predicted octanol–water partition coefficient (Wildman–Crippen LogP) is 8.02. The zero-order chi connectivity index (χ0) is 17.4. The third-order valence-electron chi connectivity index (χ3n) is 4.62. The lowest BCUT2D eigenvalue weighted by atomic mass is 10.1. The summed E-state index contributed by atoms with van der Waals surface area (Å²) in [7, 11) is 0. The monoisotopic (exact) mass is 342 g/mol. The Hall–Kier alpha value is -0.0500. The van der Waals surface area contributed by atoms with Gasteiger partial charge in [0.1, 0.15) is 4.87 Å². The number of hydrogen-bond donors (Lipinski definition) is 0. The Bertz CT molecular complexity index is 281. The van der Waals surface area contributed by atoms with Crippen molar-refractivity contribution in [2.24, 2.45) is 10.2 Å². The third kappa shape index (κ3) is 14.0. The Morgan fingerprint density at radius 1 is 0.826 bits per heavy atom. The lowest BCUT2D eigenvalue weighted by Crippen LogP contribution is -2.16. The largest absolute Gasteiger partial charge is 0.190 e. The summed E-state index contributed by atoms with van der Waals surface area (Å²) in [6.07, 6.45) is 16.2. The molecular formula is C20H42N2S. The summed E-state index contributed by atoms with van der Waals surface area (Å²) in [6.45, 7) is 11.1. The van der Waals surface area contributed by atoms with Gasteiger partial charge in [0, 0.05) is 0 Å². The maximum atomic E-state index is 4.62. The van der Waals surface area contributed by atoms with Gasteiger partial charge < -0.3 is 0 Å². The first-order chi connectivity index (χ1) is 11.1. The molecule has 0 aliphatic rings. The van der Waals surface area contributed by atoms with Crippen molar-refractivity contribution >= 4 is 11.8 Å². The molecule has 0 aromatic rings. The van der Waals surface area contributed by atoms with Crippen molar-refractivity contribution in [2.45, 2.75) is 123 Å². The molecule has 2 atom stereocenters. The second-order valence-electron chi connectivity index (χ2n) is 7.03. The van der Waals surface area contributed by atoms with E-state index in [9.17, 15) is 0 Å². The number of nitrogens with zero attached hydrogens (tertiary/aromatic N) is 2. The van der Waals surface area contributed by atoms with Crippen LogP contribution < -0.4 is 0 Å². The van der Waals surface area contributed by atoms with Crippen molar-refractivity contribution in [3.8, 4) is 0 Å². The van der Waals surface area contributed by atoms with Crippen LogP contribution in [0, 0.1) is 0 Å². The van der Waals surface area contributed by atoms with Gasteiger partial charge >= 0.3 is 0 Å². The molecule has 0 spiro atoms. The Balaban J connectivity index is 3.59. The Morgan fingerprint density at radius 3 is 1.83 bits per heavy atom. The molecule has 0 bridgehead atoms. The van der Waals surface area contributed by atoms with Crippen molar-refractivity contribution in [3.05, 3.63) is 0 Å². The molecule has 3 heteroatoms. The van der Waals surface area contributed by atoms with E-state index in [1.807, 2.05) is 11.8 Å². The van der Waals surface area contributed by atoms with Crippen LogP contribution in [0.25, 0.3) is 0 Å². The van der Waals surface area contributed by atoms with Crippen LogP contribution in [0.1, 0.15) is 112 Å². The average molecular weight is 343 g/mol. The van der Waals surface area contributed by atoms with E-state index in [-0.39, 0.29) is 4.87 Å². The molecular weight excluding hydrogens is 300 g/mol. The summed E-state index contributed by atoms with van der Waals surface area (Å²) in [6, 6.07) is 0.360. The fourth-order valence-electron chi connectivity index (χ4n) is 2.39. The highest BCUT2D eigenvalue weighted by atomic mass is 32.2. The van der Waals surface area contributed by atoms with Crippen molar-refractivity contribution in [2.75, 3.05) is 5.75 Å². The molecule has 0 aliphatic carbocycles. The highest BCUT2D eigenvalue weighted by Crippen LogP contribution is 2.31. The molecule has 2 unspecified atom stereocenters. The van der Waals surface area contributed by atoms with Gasteiger partial charge in [-0.1, -0.05) is 78.6 Å². The van der Waals surface area contributed by atoms with Gasteiger partial charge in [0.2, 0.25) is 0 Å². The van der Waals surface area contributed by atoms with Gasteiger partial charge in [-0.2, -0.15) is 10.2 Å². The standard InChI is InChI=1S/C20H42N2S/c1-6-9-10-11-12-13-14-15-16-17-18-23-20(5,8-3)22-21-19(4)7-2/h19H,6-18H2,1-5H3. The topological polar surface area (TPSA) is 24.7 Å². The fourth-order valence-corrected chi connectivity index (χ4v) is 3.48. The molecule has 0 heterocycles. The summed E-state index contributed by atoms with van der Waals surface area (Å²) < 4.78 is 0. The summed E-state index contributed by atoms with van der Waals surface area (Å²) in [5.41, 5.74) is 0. The van der Waals surface area contributed by atoms with E-state index in [4.69, 9.17) is 0 Å². The van der Waals surface area contributed by atoms with Crippen LogP contribution in [0.4, 0.5) is 0 Å². The van der Waals surface area contributed by atoms with E-state index in [1.54, 1.807) is 0 Å². The molecule has 0 aromatic carbocycles. The first-order valence-electron chi connectivity index (χ1n) is 10.1. The quantitative estimate of drug-likeness (QED) is 0.206. The van der Waals surface area contributed by atoms with E-state index in [2.05, 4.69) is 44.8 Å². The van der Waals surface area contributed by atoms with E-state index in [0.717, 1.165) is 12.8 Å². The number of hydrogen-bond acceptors (Lipinski definition) is 3. The fraction of sp³-hybridized carbons (Fsp3) is 1.00. The van der Waals surface area contributed by atoms with Crippen molar-refractivity contribution in [3.63, 3.8) is 0 Å². The molecule has 138 valence electrons. The lowest BCUT2D eigenvalue weighted by molar-refractivity contribution is 0.556. The Morgan fingerprint density at radius 2 is 1.35 bits per heavy atom. The van der Waals surface area contributed by atoms with E-state index < -0.39 is 0 Å². The van der Waals surface area contributed by atoms with Gasteiger partial charge in [0.05, 0.1) is 6.04 Å². The number of rotatable bonds is 16. The summed E-state index contributed by atoms with van der Waals surface area (Å²) in [5, 5.41) is 9.08. The summed E-state index contributed by atoms with van der Waals surface area (Å²) >= 11 is 1.99. The van der Waals surface area contributed by atoms with Crippen LogP contribution in [0.5, 0.6) is 0 Å². The molecule has 23 heavy (non-hydrogen) atoms. The number of unbranched alkanes of at least 4 members (excludes halogenated alkanes) is 9. The number of thioether (sulfide) groups is 1. The van der Waals surface area contributed by atoms with Crippen molar-refractivity contribution in [1.29, 1.82) is 0 Å². The molecule has 0 aromatic heterocycles. The second kappa shape index (κ2) is 15.5. The SMILES string of the molecule is CCCCCCCCCCCCSC(C)(CC)N=NC(C)CC. The van der Waals surface area contributed by atoms with Crippen LogP contribution in [-0.4, -0.2) is 16.7 Å². The Labute approximate surface area is 150 Å². The Kier molecular flexibility index (Phi) is 15.4. The van der Waals surface area contributed by atoms with E-state index >= 15 is 0 Å². The lowest BCUT2D eigenvalue weighted by Gasteiger charge is -2.22. The van der Waals surface area contributed by atoms with Crippen LogP contribution in [0.15, 0.2) is 10.2 Å². The van der Waals surface area contributed by atoms with Crippen molar-refractivity contribution < 1.29 is 0 Å². The van der Waals surface area contributed by atoms with Gasteiger partial charge in [-0.25, -0.2) is 0 Å². The molecule has 0 saturated heterocycles.